The molecule has 0 spiro atoms. The van der Waals surface area contributed by atoms with Crippen LogP contribution in [0.2, 0.25) is 0 Å². The van der Waals surface area contributed by atoms with Gasteiger partial charge in [0.2, 0.25) is 0 Å². The number of aromatic nitrogens is 2. The summed E-state index contributed by atoms with van der Waals surface area (Å²) in [4.78, 5) is 5.07. The normalized spacial score (nSPS) is 13.2. The molecule has 216 valence electrons. The molecule has 8 aromatic rings. The van der Waals surface area contributed by atoms with Crippen LogP contribution >= 0.6 is 0 Å². The summed E-state index contributed by atoms with van der Waals surface area (Å²) in [6.07, 6.45) is 0. The monoisotopic (exact) mass is 587 g/mol. The largest absolute Gasteiger partial charge is 0.294 e. The van der Waals surface area contributed by atoms with Gasteiger partial charge in [-0.2, -0.15) is 5.26 Å². The van der Waals surface area contributed by atoms with E-state index in [0.29, 0.717) is 5.56 Å². The number of nitrogens with zero attached hydrogens (tertiary/aromatic N) is 3. The summed E-state index contributed by atoms with van der Waals surface area (Å²) in [6, 6.07) is 51.9. The fourth-order valence-electron chi connectivity index (χ4n) is 7.51. The molecule has 9 rings (SSSR count). The molecule has 6 aromatic carbocycles. The standard InChI is InChI=1S/C43H29N3/c1-43(2)37-14-8-6-13-33(37)34-19-16-30(24-38(34)43)29-18-21-41-36(23-29)35-22-28(27-10-4-3-5-11-27)17-20-40(35)46(41)42-25-31(26-44)32-12-7-9-15-39(32)45-42/h3-25H,1-2H3. The van der Waals surface area contributed by atoms with Crippen LogP contribution in [0.25, 0.3) is 71.9 Å². The average Bonchev–Trinajstić information content (AvgIpc) is 3.55. The Hall–Kier alpha value is -5.98. The van der Waals surface area contributed by atoms with E-state index in [-0.39, 0.29) is 5.41 Å². The van der Waals surface area contributed by atoms with Crippen molar-refractivity contribution in [2.45, 2.75) is 19.3 Å². The Balaban J connectivity index is 1.29. The molecule has 1 aliphatic rings. The van der Waals surface area contributed by atoms with E-state index in [0.717, 1.165) is 38.5 Å². The first kappa shape index (κ1) is 26.4. The number of rotatable bonds is 3. The highest BCUT2D eigenvalue weighted by Crippen LogP contribution is 2.49. The lowest BCUT2D eigenvalue weighted by atomic mass is 9.81. The van der Waals surface area contributed by atoms with Gasteiger partial charge in [-0.05, 0) is 87.0 Å². The second-order valence-corrected chi connectivity index (χ2v) is 12.8. The van der Waals surface area contributed by atoms with Crippen molar-refractivity contribution in [1.82, 2.24) is 9.55 Å². The minimum Gasteiger partial charge on any atom is -0.294 e. The molecule has 3 heteroatoms. The molecule has 0 saturated carbocycles. The Labute approximate surface area is 267 Å². The van der Waals surface area contributed by atoms with E-state index >= 15 is 0 Å². The molecule has 3 nitrogen and oxygen atoms in total. The Bertz CT molecular complexity index is 2560. The highest BCUT2D eigenvalue weighted by atomic mass is 15.1. The molecule has 46 heavy (non-hydrogen) atoms. The van der Waals surface area contributed by atoms with Crippen LogP contribution < -0.4 is 0 Å². The van der Waals surface area contributed by atoms with Gasteiger partial charge in [0, 0.05) is 21.6 Å². The molecule has 0 N–H and O–H groups in total. The quantitative estimate of drug-likeness (QED) is 0.206. The van der Waals surface area contributed by atoms with Crippen LogP contribution in [0.4, 0.5) is 0 Å². The second-order valence-electron chi connectivity index (χ2n) is 12.8. The Kier molecular flexibility index (Phi) is 5.61. The topological polar surface area (TPSA) is 41.6 Å². The number of para-hydroxylation sites is 1. The first-order valence-electron chi connectivity index (χ1n) is 15.7. The van der Waals surface area contributed by atoms with Crippen molar-refractivity contribution in [2.75, 3.05) is 0 Å². The first-order chi connectivity index (χ1) is 22.5. The van der Waals surface area contributed by atoms with Gasteiger partial charge in [0.1, 0.15) is 5.82 Å². The highest BCUT2D eigenvalue weighted by molar-refractivity contribution is 6.11. The minimum atomic E-state index is -0.0626. The summed E-state index contributed by atoms with van der Waals surface area (Å²) in [7, 11) is 0. The van der Waals surface area contributed by atoms with Gasteiger partial charge >= 0.3 is 0 Å². The number of hydrogen-bond donors (Lipinski definition) is 0. The number of pyridine rings is 1. The van der Waals surface area contributed by atoms with Crippen molar-refractivity contribution in [3.63, 3.8) is 0 Å². The maximum absolute atomic E-state index is 10.1. The van der Waals surface area contributed by atoms with Crippen molar-refractivity contribution < 1.29 is 0 Å². The van der Waals surface area contributed by atoms with Gasteiger partial charge in [-0.1, -0.05) is 111 Å². The van der Waals surface area contributed by atoms with Crippen LogP contribution in [0.5, 0.6) is 0 Å². The van der Waals surface area contributed by atoms with Gasteiger partial charge in [0.05, 0.1) is 28.2 Å². The van der Waals surface area contributed by atoms with Gasteiger partial charge < -0.3 is 0 Å². The van der Waals surface area contributed by atoms with Crippen molar-refractivity contribution in [2.24, 2.45) is 0 Å². The first-order valence-corrected chi connectivity index (χ1v) is 15.7. The summed E-state index contributed by atoms with van der Waals surface area (Å²) in [5.74, 6) is 0.743. The Morgan fingerprint density at radius 1 is 0.543 bits per heavy atom. The zero-order chi connectivity index (χ0) is 31.0. The molecule has 0 radical (unpaired) electrons. The van der Waals surface area contributed by atoms with E-state index in [2.05, 4.69) is 134 Å². The zero-order valence-electron chi connectivity index (χ0n) is 25.6. The fourth-order valence-corrected chi connectivity index (χ4v) is 7.51. The van der Waals surface area contributed by atoms with Crippen molar-refractivity contribution in [1.29, 1.82) is 5.26 Å². The van der Waals surface area contributed by atoms with Crippen molar-refractivity contribution in [3.8, 4) is 45.3 Å². The van der Waals surface area contributed by atoms with Gasteiger partial charge in [-0.15, -0.1) is 0 Å². The van der Waals surface area contributed by atoms with E-state index in [1.54, 1.807) is 0 Å². The lowest BCUT2D eigenvalue weighted by molar-refractivity contribution is 0.660. The van der Waals surface area contributed by atoms with E-state index in [4.69, 9.17) is 4.98 Å². The van der Waals surface area contributed by atoms with Gasteiger partial charge in [0.25, 0.3) is 0 Å². The van der Waals surface area contributed by atoms with Crippen LogP contribution in [0.15, 0.2) is 140 Å². The second kappa shape index (κ2) is 9.76. The van der Waals surface area contributed by atoms with E-state index in [9.17, 15) is 5.26 Å². The third kappa shape index (κ3) is 3.81. The lowest BCUT2D eigenvalue weighted by Gasteiger charge is -2.22. The predicted molar refractivity (Wildman–Crippen MR) is 189 cm³/mol. The van der Waals surface area contributed by atoms with Gasteiger partial charge in [-0.3, -0.25) is 4.57 Å². The molecule has 2 aromatic heterocycles. The number of benzene rings is 6. The molecule has 0 fully saturated rings. The maximum atomic E-state index is 10.1. The van der Waals surface area contributed by atoms with Crippen molar-refractivity contribution in [3.05, 3.63) is 156 Å². The molecule has 0 bridgehead atoms. The van der Waals surface area contributed by atoms with E-state index in [1.165, 1.54) is 44.5 Å². The molecule has 0 saturated heterocycles. The molecular weight excluding hydrogens is 558 g/mol. The fraction of sp³-hybridized carbons (Fsp3) is 0.0698. The lowest BCUT2D eigenvalue weighted by Crippen LogP contribution is -2.14. The highest BCUT2D eigenvalue weighted by Gasteiger charge is 2.35. The predicted octanol–water partition coefficient (Wildman–Crippen LogP) is 10.8. The molecule has 0 aliphatic heterocycles. The van der Waals surface area contributed by atoms with Crippen LogP contribution in [-0.4, -0.2) is 9.55 Å². The third-order valence-electron chi connectivity index (χ3n) is 9.84. The minimum absolute atomic E-state index is 0.0626. The maximum Gasteiger partial charge on any atom is 0.139 e. The number of fused-ring (bicyclic) bond motifs is 7. The Morgan fingerprint density at radius 2 is 1.15 bits per heavy atom. The van der Waals surface area contributed by atoms with Gasteiger partial charge in [-0.25, -0.2) is 4.98 Å². The summed E-state index contributed by atoms with van der Waals surface area (Å²) >= 11 is 0. The van der Waals surface area contributed by atoms with Crippen LogP contribution in [0, 0.1) is 11.3 Å². The summed E-state index contributed by atoms with van der Waals surface area (Å²) in [5.41, 5.74) is 13.6. The molecule has 1 aliphatic carbocycles. The summed E-state index contributed by atoms with van der Waals surface area (Å²) < 4.78 is 2.21. The van der Waals surface area contributed by atoms with Crippen LogP contribution in [0.3, 0.4) is 0 Å². The summed E-state index contributed by atoms with van der Waals surface area (Å²) in [6.45, 7) is 4.66. The van der Waals surface area contributed by atoms with Crippen LogP contribution in [0.1, 0.15) is 30.5 Å². The number of nitriles is 1. The summed E-state index contributed by atoms with van der Waals surface area (Å²) in [5, 5.41) is 13.3. The molecule has 2 heterocycles. The van der Waals surface area contributed by atoms with E-state index in [1.807, 2.05) is 30.3 Å². The number of hydrogen-bond acceptors (Lipinski definition) is 2. The Morgan fingerprint density at radius 3 is 1.91 bits per heavy atom. The van der Waals surface area contributed by atoms with Crippen LogP contribution in [-0.2, 0) is 5.41 Å². The third-order valence-corrected chi connectivity index (χ3v) is 9.84. The van der Waals surface area contributed by atoms with E-state index < -0.39 is 0 Å². The SMILES string of the molecule is CC1(C)c2ccccc2-c2ccc(-c3ccc4c(c3)c3cc(-c5ccccc5)ccc3n4-c3cc(C#N)c4ccccc4n3)cc21. The smallest absolute Gasteiger partial charge is 0.139 e. The average molecular weight is 588 g/mol. The molecule has 0 unspecified atom stereocenters. The zero-order valence-corrected chi connectivity index (χ0v) is 25.6. The van der Waals surface area contributed by atoms with Crippen molar-refractivity contribution >= 4 is 32.7 Å². The molecular formula is C43H29N3. The van der Waals surface area contributed by atoms with Gasteiger partial charge in [0.15, 0.2) is 0 Å². The molecule has 0 atom stereocenters. The molecule has 0 amide bonds.